The number of carbonyl (C=O) groups is 2. The summed E-state index contributed by atoms with van der Waals surface area (Å²) < 4.78 is 13.7. The van der Waals surface area contributed by atoms with Gasteiger partial charge in [-0.05, 0) is 35.2 Å². The van der Waals surface area contributed by atoms with Gasteiger partial charge < -0.3 is 10.6 Å². The normalized spacial score (nSPS) is 11.7. The van der Waals surface area contributed by atoms with Crippen molar-refractivity contribution in [3.05, 3.63) is 71.0 Å². The average molecular weight is 357 g/mol. The molecule has 2 rings (SSSR count). The third kappa shape index (κ3) is 5.67. The molecule has 6 heteroatoms. The highest BCUT2D eigenvalue weighted by atomic mass is 19.1. The van der Waals surface area contributed by atoms with E-state index >= 15 is 0 Å². The standard InChI is InChI=1S/C20H24FN3O2/c1-3-14-7-9-15(10-8-14)20(16-5-4-6-17(21)11-16)24-13-19(26)23-12-18(25)22-2/h4-11,20,24H,3,12-13H2,1-2H3,(H,22,25)(H,23,26)/t20-/m0/s1. The Balaban J connectivity index is 2.13. The largest absolute Gasteiger partial charge is 0.358 e. The lowest BCUT2D eigenvalue weighted by Crippen LogP contribution is -2.40. The van der Waals surface area contributed by atoms with Gasteiger partial charge in [-0.3, -0.25) is 14.9 Å². The van der Waals surface area contributed by atoms with Gasteiger partial charge in [0.15, 0.2) is 0 Å². The predicted molar refractivity (Wildman–Crippen MR) is 99.1 cm³/mol. The minimum Gasteiger partial charge on any atom is -0.358 e. The second-order valence-corrected chi connectivity index (χ2v) is 5.91. The summed E-state index contributed by atoms with van der Waals surface area (Å²) in [6, 6.07) is 14.0. The van der Waals surface area contributed by atoms with Gasteiger partial charge in [-0.15, -0.1) is 0 Å². The fourth-order valence-electron chi connectivity index (χ4n) is 2.58. The van der Waals surface area contributed by atoms with Gasteiger partial charge in [0.05, 0.1) is 19.1 Å². The van der Waals surface area contributed by atoms with E-state index in [4.69, 9.17) is 0 Å². The van der Waals surface area contributed by atoms with Crippen LogP contribution in [0.4, 0.5) is 4.39 Å². The highest BCUT2D eigenvalue weighted by Crippen LogP contribution is 2.23. The lowest BCUT2D eigenvalue weighted by Gasteiger charge is -2.20. The Labute approximate surface area is 153 Å². The molecule has 5 nitrogen and oxygen atoms in total. The number of likely N-dealkylation sites (N-methyl/N-ethyl adjacent to an activating group) is 1. The van der Waals surface area contributed by atoms with Crippen molar-refractivity contribution < 1.29 is 14.0 Å². The van der Waals surface area contributed by atoms with Crippen molar-refractivity contribution in [3.8, 4) is 0 Å². The molecule has 0 aliphatic heterocycles. The molecule has 0 heterocycles. The summed E-state index contributed by atoms with van der Waals surface area (Å²) in [6.07, 6.45) is 0.931. The minimum atomic E-state index is -0.331. The van der Waals surface area contributed by atoms with E-state index in [1.165, 1.54) is 24.7 Å². The molecule has 0 saturated heterocycles. The van der Waals surface area contributed by atoms with E-state index in [2.05, 4.69) is 22.9 Å². The van der Waals surface area contributed by atoms with E-state index in [9.17, 15) is 14.0 Å². The molecule has 0 bridgehead atoms. The van der Waals surface area contributed by atoms with Crippen LogP contribution in [0.2, 0.25) is 0 Å². The molecule has 2 amide bonds. The zero-order valence-corrected chi connectivity index (χ0v) is 15.0. The Kier molecular flexibility index (Phi) is 7.29. The van der Waals surface area contributed by atoms with Gasteiger partial charge >= 0.3 is 0 Å². The Bertz CT molecular complexity index is 747. The summed E-state index contributed by atoms with van der Waals surface area (Å²) in [6.45, 7) is 2.01. The molecule has 0 saturated carbocycles. The Morgan fingerprint density at radius 2 is 1.73 bits per heavy atom. The van der Waals surface area contributed by atoms with E-state index in [1.54, 1.807) is 6.07 Å². The molecule has 1 atom stereocenters. The number of rotatable bonds is 8. The van der Waals surface area contributed by atoms with Crippen molar-refractivity contribution >= 4 is 11.8 Å². The number of hydrogen-bond donors (Lipinski definition) is 3. The first-order valence-electron chi connectivity index (χ1n) is 8.58. The molecule has 0 aliphatic rings. The van der Waals surface area contributed by atoms with Gasteiger partial charge in [-0.1, -0.05) is 43.3 Å². The van der Waals surface area contributed by atoms with E-state index in [0.717, 1.165) is 17.5 Å². The van der Waals surface area contributed by atoms with Crippen molar-refractivity contribution in [2.75, 3.05) is 20.1 Å². The van der Waals surface area contributed by atoms with E-state index < -0.39 is 0 Å². The molecule has 138 valence electrons. The van der Waals surface area contributed by atoms with Crippen LogP contribution in [0.1, 0.15) is 29.7 Å². The Morgan fingerprint density at radius 1 is 1.00 bits per heavy atom. The summed E-state index contributed by atoms with van der Waals surface area (Å²) in [7, 11) is 1.51. The molecule has 0 fully saturated rings. The first kappa shape index (κ1) is 19.6. The van der Waals surface area contributed by atoms with E-state index in [1.807, 2.05) is 30.3 Å². The molecule has 2 aromatic carbocycles. The number of aryl methyl sites for hydroxylation is 1. The summed E-state index contributed by atoms with van der Waals surface area (Å²) in [5.41, 5.74) is 2.87. The highest BCUT2D eigenvalue weighted by Gasteiger charge is 2.16. The number of carbonyl (C=O) groups excluding carboxylic acids is 2. The van der Waals surface area contributed by atoms with Crippen LogP contribution in [0, 0.1) is 5.82 Å². The van der Waals surface area contributed by atoms with Gasteiger partial charge in [-0.25, -0.2) is 4.39 Å². The molecule has 0 aromatic heterocycles. The highest BCUT2D eigenvalue weighted by molar-refractivity contribution is 5.85. The van der Waals surface area contributed by atoms with Crippen LogP contribution in [0.5, 0.6) is 0 Å². The van der Waals surface area contributed by atoms with Crippen LogP contribution in [0.15, 0.2) is 48.5 Å². The molecule has 2 aromatic rings. The minimum absolute atomic E-state index is 0.00764. The van der Waals surface area contributed by atoms with E-state index in [0.29, 0.717) is 0 Å². The van der Waals surface area contributed by atoms with Gasteiger partial charge in [0.2, 0.25) is 11.8 Å². The topological polar surface area (TPSA) is 70.2 Å². The van der Waals surface area contributed by atoms with Crippen molar-refractivity contribution in [1.82, 2.24) is 16.0 Å². The van der Waals surface area contributed by atoms with Crippen molar-refractivity contribution in [1.29, 1.82) is 0 Å². The van der Waals surface area contributed by atoms with Crippen LogP contribution in [0.25, 0.3) is 0 Å². The molecule has 0 radical (unpaired) electrons. The molecule has 0 unspecified atom stereocenters. The Morgan fingerprint density at radius 3 is 2.35 bits per heavy atom. The van der Waals surface area contributed by atoms with Gasteiger partial charge in [0, 0.05) is 7.05 Å². The first-order chi connectivity index (χ1) is 12.5. The number of hydrogen-bond acceptors (Lipinski definition) is 3. The van der Waals surface area contributed by atoms with Crippen LogP contribution in [-0.2, 0) is 16.0 Å². The lowest BCUT2D eigenvalue weighted by molar-refractivity contribution is -0.125. The quantitative estimate of drug-likeness (QED) is 0.676. The van der Waals surface area contributed by atoms with Crippen molar-refractivity contribution in [2.24, 2.45) is 0 Å². The summed E-state index contributed by atoms with van der Waals surface area (Å²) >= 11 is 0. The van der Waals surface area contributed by atoms with Crippen LogP contribution < -0.4 is 16.0 Å². The molecule has 3 N–H and O–H groups in total. The van der Waals surface area contributed by atoms with Crippen LogP contribution >= 0.6 is 0 Å². The summed E-state index contributed by atoms with van der Waals surface area (Å²) in [4.78, 5) is 23.2. The van der Waals surface area contributed by atoms with Crippen LogP contribution in [-0.4, -0.2) is 32.0 Å². The molecule has 26 heavy (non-hydrogen) atoms. The predicted octanol–water partition coefficient (Wildman–Crippen LogP) is 1.93. The number of benzene rings is 2. The maximum Gasteiger partial charge on any atom is 0.239 e. The lowest BCUT2D eigenvalue weighted by atomic mass is 9.97. The number of nitrogens with one attached hydrogen (secondary N) is 3. The zero-order chi connectivity index (χ0) is 18.9. The van der Waals surface area contributed by atoms with Crippen molar-refractivity contribution in [3.63, 3.8) is 0 Å². The third-order valence-electron chi connectivity index (χ3n) is 4.10. The van der Waals surface area contributed by atoms with Crippen molar-refractivity contribution in [2.45, 2.75) is 19.4 Å². The molecule has 0 aliphatic carbocycles. The second-order valence-electron chi connectivity index (χ2n) is 5.91. The monoisotopic (exact) mass is 357 g/mol. The van der Waals surface area contributed by atoms with Crippen LogP contribution in [0.3, 0.4) is 0 Å². The maximum absolute atomic E-state index is 13.7. The molecular weight excluding hydrogens is 333 g/mol. The SMILES string of the molecule is CCc1ccc([C@H](NCC(=O)NCC(=O)NC)c2cccc(F)c2)cc1. The second kappa shape index (κ2) is 9.68. The third-order valence-corrected chi connectivity index (χ3v) is 4.10. The first-order valence-corrected chi connectivity index (χ1v) is 8.58. The number of halogens is 1. The fourth-order valence-corrected chi connectivity index (χ4v) is 2.58. The van der Waals surface area contributed by atoms with E-state index in [-0.39, 0.29) is 36.8 Å². The van der Waals surface area contributed by atoms with Gasteiger partial charge in [0.25, 0.3) is 0 Å². The average Bonchev–Trinajstić information content (AvgIpc) is 2.66. The number of amides is 2. The van der Waals surface area contributed by atoms with Gasteiger partial charge in [-0.2, -0.15) is 0 Å². The summed E-state index contributed by atoms with van der Waals surface area (Å²) in [5.74, 6) is -0.904. The summed E-state index contributed by atoms with van der Waals surface area (Å²) in [5, 5.41) is 8.12. The fraction of sp³-hybridized carbons (Fsp3) is 0.300. The zero-order valence-electron chi connectivity index (χ0n) is 15.0. The molecular formula is C20H24FN3O2. The Hall–Kier alpha value is -2.73. The van der Waals surface area contributed by atoms with Gasteiger partial charge in [0.1, 0.15) is 5.82 Å². The molecule has 0 spiro atoms. The maximum atomic E-state index is 13.7. The smallest absolute Gasteiger partial charge is 0.239 e.